The topological polar surface area (TPSA) is 24.9 Å². The fourth-order valence-corrected chi connectivity index (χ4v) is 4.49. The molecule has 1 aromatic heterocycles. The van der Waals surface area contributed by atoms with E-state index in [0.717, 1.165) is 19.0 Å². The minimum absolute atomic E-state index is 0.151. The zero-order valence-electron chi connectivity index (χ0n) is 14.5. The lowest BCUT2D eigenvalue weighted by Gasteiger charge is -2.20. The fraction of sp³-hybridized carbons (Fsp3) is 0.833. The summed E-state index contributed by atoms with van der Waals surface area (Å²) in [6.07, 6.45) is 6.87. The standard InChI is InChI=1S/C18H32N2S/c1-13(2)11-19-12-15-16(18(3,4)5)20-17(21-15)14-9-7-6-8-10-14/h13-14,19H,6-12H2,1-5H3. The van der Waals surface area contributed by atoms with Crippen molar-refractivity contribution in [2.45, 2.75) is 84.6 Å². The first-order valence-corrected chi connectivity index (χ1v) is 9.40. The Morgan fingerprint density at radius 3 is 2.43 bits per heavy atom. The highest BCUT2D eigenvalue weighted by molar-refractivity contribution is 7.11. The van der Waals surface area contributed by atoms with Crippen LogP contribution in [0.2, 0.25) is 0 Å². The van der Waals surface area contributed by atoms with Gasteiger partial charge in [-0.2, -0.15) is 0 Å². The molecule has 1 saturated carbocycles. The van der Waals surface area contributed by atoms with Gasteiger partial charge >= 0.3 is 0 Å². The molecule has 1 aliphatic rings. The van der Waals surface area contributed by atoms with Crippen molar-refractivity contribution in [3.63, 3.8) is 0 Å². The summed E-state index contributed by atoms with van der Waals surface area (Å²) < 4.78 is 0. The summed E-state index contributed by atoms with van der Waals surface area (Å²) in [6, 6.07) is 0. The fourth-order valence-electron chi connectivity index (χ4n) is 3.07. The van der Waals surface area contributed by atoms with E-state index in [0.29, 0.717) is 5.92 Å². The Labute approximate surface area is 134 Å². The van der Waals surface area contributed by atoms with Crippen LogP contribution in [0.4, 0.5) is 0 Å². The third-order valence-corrected chi connectivity index (χ3v) is 5.43. The Balaban J connectivity index is 2.14. The van der Waals surface area contributed by atoms with Gasteiger partial charge in [-0.25, -0.2) is 4.98 Å². The number of hydrogen-bond donors (Lipinski definition) is 1. The molecule has 1 N–H and O–H groups in total. The molecule has 0 bridgehead atoms. The molecule has 1 aromatic rings. The van der Waals surface area contributed by atoms with Gasteiger partial charge in [-0.3, -0.25) is 0 Å². The van der Waals surface area contributed by atoms with Crippen LogP contribution in [0.25, 0.3) is 0 Å². The average Bonchev–Trinajstić information content (AvgIpc) is 2.83. The molecule has 21 heavy (non-hydrogen) atoms. The molecule has 0 radical (unpaired) electrons. The maximum atomic E-state index is 5.08. The number of rotatable bonds is 5. The minimum atomic E-state index is 0.151. The van der Waals surface area contributed by atoms with Crippen LogP contribution >= 0.6 is 11.3 Å². The maximum absolute atomic E-state index is 5.08. The van der Waals surface area contributed by atoms with Gasteiger partial charge in [0.15, 0.2) is 0 Å². The Hall–Kier alpha value is -0.410. The second-order valence-corrected chi connectivity index (χ2v) is 9.05. The first-order valence-electron chi connectivity index (χ1n) is 8.58. The van der Waals surface area contributed by atoms with Gasteiger partial charge in [-0.05, 0) is 25.3 Å². The number of hydrogen-bond acceptors (Lipinski definition) is 3. The largest absolute Gasteiger partial charge is 0.312 e. The molecule has 0 aliphatic heterocycles. The quantitative estimate of drug-likeness (QED) is 0.805. The van der Waals surface area contributed by atoms with E-state index in [-0.39, 0.29) is 5.41 Å². The van der Waals surface area contributed by atoms with E-state index in [9.17, 15) is 0 Å². The lowest BCUT2D eigenvalue weighted by atomic mass is 9.89. The van der Waals surface area contributed by atoms with Crippen LogP contribution < -0.4 is 5.32 Å². The van der Waals surface area contributed by atoms with Crippen molar-refractivity contribution in [1.29, 1.82) is 0 Å². The predicted octanol–water partition coefficient (Wildman–Crippen LogP) is 5.23. The van der Waals surface area contributed by atoms with E-state index in [4.69, 9.17) is 4.98 Å². The van der Waals surface area contributed by atoms with Crippen LogP contribution in [-0.4, -0.2) is 11.5 Å². The third-order valence-electron chi connectivity index (χ3n) is 4.22. The van der Waals surface area contributed by atoms with E-state index in [1.54, 1.807) is 0 Å². The molecule has 0 spiro atoms. The molecule has 0 amide bonds. The van der Waals surface area contributed by atoms with Crippen LogP contribution in [0.1, 0.15) is 88.2 Å². The Kier molecular flexibility index (Phi) is 5.84. The molecule has 1 aliphatic carbocycles. The summed E-state index contributed by atoms with van der Waals surface area (Å²) in [5.41, 5.74) is 1.47. The van der Waals surface area contributed by atoms with Gasteiger partial charge in [-0.1, -0.05) is 53.9 Å². The van der Waals surface area contributed by atoms with Crippen molar-refractivity contribution >= 4 is 11.3 Å². The molecule has 2 rings (SSSR count). The smallest absolute Gasteiger partial charge is 0.0962 e. The number of nitrogens with one attached hydrogen (secondary N) is 1. The van der Waals surface area contributed by atoms with Crippen molar-refractivity contribution in [2.75, 3.05) is 6.54 Å². The summed E-state index contributed by atoms with van der Waals surface area (Å²) >= 11 is 1.97. The second kappa shape index (κ2) is 7.23. The molecule has 0 atom stereocenters. The highest BCUT2D eigenvalue weighted by Gasteiger charge is 2.26. The lowest BCUT2D eigenvalue weighted by Crippen LogP contribution is -2.21. The van der Waals surface area contributed by atoms with E-state index < -0.39 is 0 Å². The summed E-state index contributed by atoms with van der Waals surface area (Å²) in [5, 5.41) is 5.00. The van der Waals surface area contributed by atoms with Gasteiger partial charge in [0.05, 0.1) is 10.7 Å². The monoisotopic (exact) mass is 308 g/mol. The number of aromatic nitrogens is 1. The van der Waals surface area contributed by atoms with E-state index in [1.807, 2.05) is 11.3 Å². The predicted molar refractivity (Wildman–Crippen MR) is 93.2 cm³/mol. The number of nitrogens with zero attached hydrogens (tertiary/aromatic N) is 1. The maximum Gasteiger partial charge on any atom is 0.0962 e. The first-order chi connectivity index (χ1) is 9.88. The van der Waals surface area contributed by atoms with Crippen LogP contribution in [0.15, 0.2) is 0 Å². The van der Waals surface area contributed by atoms with Gasteiger partial charge in [0.25, 0.3) is 0 Å². The second-order valence-electron chi connectivity index (χ2n) is 7.93. The van der Waals surface area contributed by atoms with E-state index >= 15 is 0 Å². The van der Waals surface area contributed by atoms with Crippen molar-refractivity contribution in [3.8, 4) is 0 Å². The van der Waals surface area contributed by atoms with Gasteiger partial charge in [0, 0.05) is 22.8 Å². The average molecular weight is 309 g/mol. The molecule has 3 heteroatoms. The Morgan fingerprint density at radius 2 is 1.86 bits per heavy atom. The molecule has 1 heterocycles. The third kappa shape index (κ3) is 4.79. The highest BCUT2D eigenvalue weighted by Crippen LogP contribution is 2.38. The zero-order chi connectivity index (χ0) is 15.5. The molecule has 2 nitrogen and oxygen atoms in total. The van der Waals surface area contributed by atoms with Gasteiger partial charge in [0.1, 0.15) is 0 Å². The Morgan fingerprint density at radius 1 is 1.19 bits per heavy atom. The number of thiazole rings is 1. The molecular weight excluding hydrogens is 276 g/mol. The van der Waals surface area contributed by atoms with Crippen molar-refractivity contribution in [3.05, 3.63) is 15.6 Å². The minimum Gasteiger partial charge on any atom is -0.312 e. The summed E-state index contributed by atoms with van der Waals surface area (Å²) in [4.78, 5) is 6.54. The molecule has 0 unspecified atom stereocenters. The van der Waals surface area contributed by atoms with E-state index in [1.165, 1.54) is 47.7 Å². The van der Waals surface area contributed by atoms with Crippen LogP contribution in [0, 0.1) is 5.92 Å². The summed E-state index contributed by atoms with van der Waals surface area (Å²) in [7, 11) is 0. The molecular formula is C18H32N2S. The van der Waals surface area contributed by atoms with Crippen molar-refractivity contribution in [2.24, 2.45) is 5.92 Å². The normalized spacial score (nSPS) is 17.6. The summed E-state index contributed by atoms with van der Waals surface area (Å²) in [6.45, 7) is 13.5. The van der Waals surface area contributed by atoms with E-state index in [2.05, 4.69) is 39.9 Å². The van der Waals surface area contributed by atoms with Crippen LogP contribution in [-0.2, 0) is 12.0 Å². The van der Waals surface area contributed by atoms with Crippen LogP contribution in [0.5, 0.6) is 0 Å². The van der Waals surface area contributed by atoms with Gasteiger partial charge < -0.3 is 5.32 Å². The van der Waals surface area contributed by atoms with Crippen molar-refractivity contribution < 1.29 is 0 Å². The summed E-state index contributed by atoms with van der Waals surface area (Å²) in [5.74, 6) is 1.43. The lowest BCUT2D eigenvalue weighted by molar-refractivity contribution is 0.440. The first kappa shape index (κ1) is 17.0. The van der Waals surface area contributed by atoms with Gasteiger partial charge in [0.2, 0.25) is 0 Å². The molecule has 0 saturated heterocycles. The molecule has 0 aromatic carbocycles. The zero-order valence-corrected chi connectivity index (χ0v) is 15.3. The van der Waals surface area contributed by atoms with Gasteiger partial charge in [-0.15, -0.1) is 11.3 Å². The highest BCUT2D eigenvalue weighted by atomic mass is 32.1. The Bertz CT molecular complexity index is 437. The SMILES string of the molecule is CC(C)CNCc1sc(C2CCCCC2)nc1C(C)(C)C. The van der Waals surface area contributed by atoms with Crippen molar-refractivity contribution in [1.82, 2.24) is 10.3 Å². The molecule has 120 valence electrons. The van der Waals surface area contributed by atoms with Crippen LogP contribution in [0.3, 0.4) is 0 Å². The molecule has 1 fully saturated rings.